The highest BCUT2D eigenvalue weighted by Crippen LogP contribution is 2.31. The quantitative estimate of drug-likeness (QED) is 0.590. The molecule has 0 fully saturated rings. The zero-order valence-corrected chi connectivity index (χ0v) is 15.7. The van der Waals surface area contributed by atoms with E-state index in [0.29, 0.717) is 12.1 Å². The molecule has 0 unspecified atom stereocenters. The van der Waals surface area contributed by atoms with Gasteiger partial charge in [0, 0.05) is 24.7 Å². The monoisotopic (exact) mass is 436 g/mol. The Balaban J connectivity index is 1.95. The summed E-state index contributed by atoms with van der Waals surface area (Å²) in [5.74, 6) is -3.42. The summed E-state index contributed by atoms with van der Waals surface area (Å²) in [6, 6.07) is 5.86. The maximum Gasteiger partial charge on any atom is 0.387 e. The molecule has 7 nitrogen and oxygen atoms in total. The predicted molar refractivity (Wildman–Crippen MR) is 94.4 cm³/mol. The van der Waals surface area contributed by atoms with Gasteiger partial charge in [0.1, 0.15) is 0 Å². The molecule has 0 heterocycles. The van der Waals surface area contributed by atoms with Crippen LogP contribution in [0.25, 0.3) is 0 Å². The van der Waals surface area contributed by atoms with Crippen molar-refractivity contribution in [2.75, 3.05) is 19.0 Å². The van der Waals surface area contributed by atoms with Gasteiger partial charge in [0.15, 0.2) is 23.1 Å². The molecule has 0 aliphatic heterocycles. The first-order chi connectivity index (χ1) is 13.6. The van der Waals surface area contributed by atoms with E-state index in [0.717, 1.165) is 12.1 Å². The fourth-order valence-electron chi connectivity index (χ4n) is 2.19. The number of nitrogens with one attached hydrogen (secondary N) is 2. The lowest BCUT2D eigenvalue weighted by Gasteiger charge is -2.12. The van der Waals surface area contributed by atoms with Crippen molar-refractivity contribution in [1.29, 1.82) is 0 Å². The third kappa shape index (κ3) is 6.32. The normalized spacial score (nSPS) is 11.4. The Kier molecular flexibility index (Phi) is 7.40. The van der Waals surface area contributed by atoms with Gasteiger partial charge in [0.05, 0.1) is 12.0 Å². The Bertz CT molecular complexity index is 986. The van der Waals surface area contributed by atoms with E-state index in [1.54, 1.807) is 0 Å². The van der Waals surface area contributed by atoms with Crippen LogP contribution in [0, 0.1) is 11.6 Å². The number of sulfonamides is 1. The Hall–Kier alpha value is -2.86. The third-order valence-corrected chi connectivity index (χ3v) is 4.97. The minimum absolute atomic E-state index is 0.0302. The first kappa shape index (κ1) is 22.4. The van der Waals surface area contributed by atoms with Crippen LogP contribution in [-0.2, 0) is 14.8 Å². The Morgan fingerprint density at radius 1 is 1.07 bits per heavy atom. The van der Waals surface area contributed by atoms with E-state index in [-0.39, 0.29) is 30.2 Å². The molecule has 0 aliphatic rings. The van der Waals surface area contributed by atoms with Crippen LogP contribution in [0.1, 0.15) is 6.42 Å². The molecule has 158 valence electrons. The fraction of sp³-hybridized carbons (Fsp3) is 0.235. The van der Waals surface area contributed by atoms with Gasteiger partial charge in [-0.3, -0.25) is 4.79 Å². The molecule has 0 spiro atoms. The summed E-state index contributed by atoms with van der Waals surface area (Å²) in [6.07, 6.45) is -0.319. The van der Waals surface area contributed by atoms with Gasteiger partial charge in [-0.05, 0) is 30.3 Å². The van der Waals surface area contributed by atoms with Crippen LogP contribution < -0.4 is 19.5 Å². The van der Waals surface area contributed by atoms with Gasteiger partial charge in [-0.1, -0.05) is 0 Å². The van der Waals surface area contributed by atoms with Crippen molar-refractivity contribution >= 4 is 21.6 Å². The number of rotatable bonds is 9. The molecule has 12 heteroatoms. The molecule has 0 aromatic heterocycles. The van der Waals surface area contributed by atoms with Crippen LogP contribution in [0.5, 0.6) is 11.5 Å². The van der Waals surface area contributed by atoms with Crippen molar-refractivity contribution in [2.45, 2.75) is 17.9 Å². The number of amides is 1. The van der Waals surface area contributed by atoms with Gasteiger partial charge in [-0.25, -0.2) is 21.9 Å². The van der Waals surface area contributed by atoms with Crippen molar-refractivity contribution in [2.24, 2.45) is 0 Å². The molecule has 2 rings (SSSR count). The van der Waals surface area contributed by atoms with Crippen LogP contribution in [0.4, 0.5) is 23.2 Å². The van der Waals surface area contributed by atoms with Crippen LogP contribution in [0.2, 0.25) is 0 Å². The number of anilines is 1. The summed E-state index contributed by atoms with van der Waals surface area (Å²) in [6.45, 7) is -3.44. The van der Waals surface area contributed by atoms with E-state index in [4.69, 9.17) is 4.74 Å². The lowest BCUT2D eigenvalue weighted by molar-refractivity contribution is -0.116. The number of methoxy groups -OCH3 is 1. The molecule has 0 aliphatic carbocycles. The predicted octanol–water partition coefficient (Wildman–Crippen LogP) is 2.88. The maximum absolute atomic E-state index is 13.2. The number of alkyl halides is 2. The summed E-state index contributed by atoms with van der Waals surface area (Å²) < 4.78 is 86.2. The van der Waals surface area contributed by atoms with Crippen molar-refractivity contribution in [3.63, 3.8) is 0 Å². The van der Waals surface area contributed by atoms with Crippen molar-refractivity contribution in [3.05, 3.63) is 48.0 Å². The van der Waals surface area contributed by atoms with Gasteiger partial charge in [-0.2, -0.15) is 8.78 Å². The Morgan fingerprint density at radius 2 is 1.79 bits per heavy atom. The average molecular weight is 436 g/mol. The van der Waals surface area contributed by atoms with Gasteiger partial charge in [-0.15, -0.1) is 0 Å². The number of benzene rings is 2. The molecule has 0 atom stereocenters. The molecule has 0 radical (unpaired) electrons. The highest BCUT2D eigenvalue weighted by Gasteiger charge is 2.17. The smallest absolute Gasteiger partial charge is 0.387 e. The summed E-state index contributed by atoms with van der Waals surface area (Å²) in [5, 5.41) is 2.39. The van der Waals surface area contributed by atoms with Crippen molar-refractivity contribution in [3.8, 4) is 11.5 Å². The van der Waals surface area contributed by atoms with Gasteiger partial charge in [0.25, 0.3) is 0 Å². The lowest BCUT2D eigenvalue weighted by Crippen LogP contribution is -2.28. The number of carbonyl (C=O) groups is 1. The van der Waals surface area contributed by atoms with Gasteiger partial charge in [0.2, 0.25) is 15.9 Å². The second-order valence-electron chi connectivity index (χ2n) is 5.52. The van der Waals surface area contributed by atoms with Crippen LogP contribution >= 0.6 is 0 Å². The highest BCUT2D eigenvalue weighted by molar-refractivity contribution is 7.89. The second-order valence-corrected chi connectivity index (χ2v) is 7.28. The summed E-state index contributed by atoms with van der Waals surface area (Å²) in [4.78, 5) is 11.4. The standard InChI is InChI=1S/C17H16F4N2O5S/c1-27-14-5-2-10(8-15(14)28-17(20)21)23-16(24)6-7-22-29(25,26)11-3-4-12(18)13(19)9-11/h2-5,8-9,17,22H,6-7H2,1H3,(H,23,24). The van der Waals surface area contributed by atoms with E-state index < -0.39 is 39.1 Å². The third-order valence-electron chi connectivity index (χ3n) is 3.51. The molecule has 1 amide bonds. The topological polar surface area (TPSA) is 93.7 Å². The minimum atomic E-state index is -4.15. The molecule has 29 heavy (non-hydrogen) atoms. The maximum atomic E-state index is 13.2. The first-order valence-corrected chi connectivity index (χ1v) is 9.48. The summed E-state index contributed by atoms with van der Waals surface area (Å²) >= 11 is 0. The van der Waals surface area contributed by atoms with Gasteiger partial charge < -0.3 is 14.8 Å². The zero-order valence-electron chi connectivity index (χ0n) is 14.9. The molecular formula is C17H16F4N2O5S. The van der Waals surface area contributed by atoms with Crippen molar-refractivity contribution < 1.29 is 40.2 Å². The fourth-order valence-corrected chi connectivity index (χ4v) is 3.24. The molecular weight excluding hydrogens is 420 g/mol. The Morgan fingerprint density at radius 3 is 2.41 bits per heavy atom. The Labute approximate surface area is 163 Å². The second kappa shape index (κ2) is 9.56. The molecule has 2 N–H and O–H groups in total. The van der Waals surface area contributed by atoms with E-state index >= 15 is 0 Å². The largest absolute Gasteiger partial charge is 0.493 e. The number of halogens is 4. The number of ether oxygens (including phenoxy) is 2. The molecule has 2 aromatic rings. The molecule has 0 saturated carbocycles. The van der Waals surface area contributed by atoms with Crippen LogP contribution in [0.15, 0.2) is 41.3 Å². The number of hydrogen-bond donors (Lipinski definition) is 2. The molecule has 0 saturated heterocycles. The minimum Gasteiger partial charge on any atom is -0.493 e. The lowest BCUT2D eigenvalue weighted by atomic mass is 10.2. The van der Waals surface area contributed by atoms with E-state index in [1.165, 1.54) is 19.2 Å². The summed E-state index contributed by atoms with van der Waals surface area (Å²) in [5.41, 5.74) is 0.120. The van der Waals surface area contributed by atoms with Crippen molar-refractivity contribution in [1.82, 2.24) is 4.72 Å². The number of hydrogen-bond acceptors (Lipinski definition) is 5. The van der Waals surface area contributed by atoms with E-state index in [2.05, 4.69) is 14.8 Å². The number of carbonyl (C=O) groups excluding carboxylic acids is 1. The highest BCUT2D eigenvalue weighted by atomic mass is 32.2. The SMILES string of the molecule is COc1ccc(NC(=O)CCNS(=O)(=O)c2ccc(F)c(F)c2)cc1OC(F)F. The average Bonchev–Trinajstić information content (AvgIpc) is 2.63. The summed E-state index contributed by atoms with van der Waals surface area (Å²) in [7, 11) is -2.90. The van der Waals surface area contributed by atoms with E-state index in [9.17, 15) is 30.8 Å². The molecule has 2 aromatic carbocycles. The zero-order chi connectivity index (χ0) is 21.6. The van der Waals surface area contributed by atoms with Crippen LogP contribution in [-0.4, -0.2) is 34.6 Å². The molecule has 0 bridgehead atoms. The van der Waals surface area contributed by atoms with Crippen LogP contribution in [0.3, 0.4) is 0 Å². The van der Waals surface area contributed by atoms with Gasteiger partial charge >= 0.3 is 6.61 Å². The van der Waals surface area contributed by atoms with E-state index in [1.807, 2.05) is 0 Å². The first-order valence-electron chi connectivity index (χ1n) is 8.00.